The number of nitrogens with one attached hydrogen (secondary N) is 1. The van der Waals surface area contributed by atoms with Crippen molar-refractivity contribution in [3.63, 3.8) is 0 Å². The second-order valence-electron chi connectivity index (χ2n) is 5.94. The molecule has 5 nitrogen and oxygen atoms in total. The van der Waals surface area contributed by atoms with E-state index in [1.54, 1.807) is 24.3 Å². The number of likely N-dealkylation sites (N-methyl/N-ethyl adjacent to an activating group) is 1. The number of carbonyl (C=O) groups is 2. The lowest BCUT2D eigenvalue weighted by Gasteiger charge is -2.23. The van der Waals surface area contributed by atoms with Gasteiger partial charge in [-0.15, -0.1) is 0 Å². The van der Waals surface area contributed by atoms with Crippen LogP contribution >= 0.6 is 0 Å². The van der Waals surface area contributed by atoms with Gasteiger partial charge in [-0.1, -0.05) is 18.2 Å². The fraction of sp³-hybridized carbons (Fsp3) is 0.300. The summed E-state index contributed by atoms with van der Waals surface area (Å²) in [5.41, 5.74) is 1.30. The minimum atomic E-state index is -0.299. The van der Waals surface area contributed by atoms with Crippen molar-refractivity contribution in [2.24, 2.45) is 0 Å². The van der Waals surface area contributed by atoms with Crippen molar-refractivity contribution in [1.29, 1.82) is 0 Å². The number of benzene rings is 2. The predicted molar refractivity (Wildman–Crippen MR) is 99.1 cm³/mol. The summed E-state index contributed by atoms with van der Waals surface area (Å²) in [6, 6.07) is 16.2. The number of hydrogen-bond donors (Lipinski definition) is 1. The van der Waals surface area contributed by atoms with E-state index >= 15 is 0 Å². The van der Waals surface area contributed by atoms with Gasteiger partial charge in [0.25, 0.3) is 0 Å². The Labute approximate surface area is 148 Å². The summed E-state index contributed by atoms with van der Waals surface area (Å²) in [7, 11) is 1.89. The molecule has 0 spiro atoms. The molecule has 2 aromatic rings. The lowest BCUT2D eigenvalue weighted by atomic mass is 10.1. The Morgan fingerprint density at radius 2 is 1.72 bits per heavy atom. The van der Waals surface area contributed by atoms with Crippen LogP contribution in [0.1, 0.15) is 24.2 Å². The Morgan fingerprint density at radius 3 is 2.32 bits per heavy atom. The quantitative estimate of drug-likeness (QED) is 0.750. The van der Waals surface area contributed by atoms with Crippen LogP contribution in [0.25, 0.3) is 0 Å². The lowest BCUT2D eigenvalue weighted by Crippen LogP contribution is -2.41. The average molecular weight is 340 g/mol. The standard InChI is InChI=1S/C20H24N2O3/c1-15(22(3)13-14-25-19-7-5-4-6-8-19)20(24)21-18-11-9-17(10-12-18)16(2)23/h4-12,15H,13-14H2,1-3H3,(H,21,24)/t15-/m0/s1. The molecule has 5 heteroatoms. The highest BCUT2D eigenvalue weighted by Gasteiger charge is 2.18. The SMILES string of the molecule is CC(=O)c1ccc(NC(=O)[C@H](C)N(C)CCOc2ccccc2)cc1. The van der Waals surface area contributed by atoms with E-state index in [1.165, 1.54) is 6.92 Å². The number of ketones is 1. The van der Waals surface area contributed by atoms with Crippen molar-refractivity contribution in [1.82, 2.24) is 4.90 Å². The molecule has 1 amide bonds. The third-order valence-corrected chi connectivity index (χ3v) is 4.06. The molecule has 0 saturated heterocycles. The van der Waals surface area contributed by atoms with E-state index in [9.17, 15) is 9.59 Å². The van der Waals surface area contributed by atoms with Gasteiger partial charge in [0.2, 0.25) is 5.91 Å². The van der Waals surface area contributed by atoms with Crippen LogP contribution in [0.4, 0.5) is 5.69 Å². The molecule has 132 valence electrons. The maximum atomic E-state index is 12.3. The van der Waals surface area contributed by atoms with Gasteiger partial charge in [-0.25, -0.2) is 0 Å². The summed E-state index contributed by atoms with van der Waals surface area (Å²) in [5, 5.41) is 2.86. The van der Waals surface area contributed by atoms with Crippen LogP contribution in [0.3, 0.4) is 0 Å². The van der Waals surface area contributed by atoms with Gasteiger partial charge in [-0.2, -0.15) is 0 Å². The summed E-state index contributed by atoms with van der Waals surface area (Å²) in [6.45, 7) is 4.50. The zero-order valence-electron chi connectivity index (χ0n) is 14.9. The number of ether oxygens (including phenoxy) is 1. The monoisotopic (exact) mass is 340 g/mol. The van der Waals surface area contributed by atoms with Gasteiger partial charge in [0.05, 0.1) is 6.04 Å². The second kappa shape index (κ2) is 8.99. The number of Topliss-reactive ketones (excluding diaryl/α,β-unsaturated/α-hetero) is 1. The van der Waals surface area contributed by atoms with E-state index in [0.29, 0.717) is 24.4 Å². The molecule has 0 fully saturated rings. The maximum Gasteiger partial charge on any atom is 0.241 e. The fourth-order valence-corrected chi connectivity index (χ4v) is 2.25. The molecule has 0 aliphatic carbocycles. The van der Waals surface area contributed by atoms with Crippen LogP contribution in [-0.4, -0.2) is 42.8 Å². The van der Waals surface area contributed by atoms with Gasteiger partial charge in [0.1, 0.15) is 12.4 Å². The number of carbonyl (C=O) groups excluding carboxylic acids is 2. The number of rotatable bonds is 8. The summed E-state index contributed by atoms with van der Waals surface area (Å²) < 4.78 is 5.66. The predicted octanol–water partition coefficient (Wildman–Crippen LogP) is 3.23. The van der Waals surface area contributed by atoms with E-state index in [-0.39, 0.29) is 17.7 Å². The first-order valence-electron chi connectivity index (χ1n) is 8.27. The van der Waals surface area contributed by atoms with Gasteiger partial charge >= 0.3 is 0 Å². The molecular weight excluding hydrogens is 316 g/mol. The smallest absolute Gasteiger partial charge is 0.241 e. The molecule has 1 atom stereocenters. The van der Waals surface area contributed by atoms with Crippen molar-refractivity contribution < 1.29 is 14.3 Å². The zero-order valence-corrected chi connectivity index (χ0v) is 14.9. The number of amides is 1. The number of para-hydroxylation sites is 1. The van der Waals surface area contributed by atoms with Crippen LogP contribution in [0.15, 0.2) is 54.6 Å². The Balaban J connectivity index is 1.80. The highest BCUT2D eigenvalue weighted by molar-refractivity contribution is 5.96. The molecule has 0 aromatic heterocycles. The van der Waals surface area contributed by atoms with E-state index in [1.807, 2.05) is 49.2 Å². The summed E-state index contributed by atoms with van der Waals surface area (Å²) in [6.07, 6.45) is 0. The van der Waals surface area contributed by atoms with E-state index in [0.717, 1.165) is 5.75 Å². The summed E-state index contributed by atoms with van der Waals surface area (Å²) >= 11 is 0. The van der Waals surface area contributed by atoms with Crippen molar-refractivity contribution >= 4 is 17.4 Å². The minimum absolute atomic E-state index is 0.00407. The third kappa shape index (κ3) is 5.72. The Kier molecular flexibility index (Phi) is 6.71. The lowest BCUT2D eigenvalue weighted by molar-refractivity contribution is -0.120. The van der Waals surface area contributed by atoms with Gasteiger partial charge in [0.15, 0.2) is 5.78 Å². The summed E-state index contributed by atoms with van der Waals surface area (Å²) in [4.78, 5) is 25.6. The molecular formula is C20H24N2O3. The topological polar surface area (TPSA) is 58.6 Å². The molecule has 0 unspecified atom stereocenters. The molecule has 2 aromatic carbocycles. The molecule has 0 saturated carbocycles. The minimum Gasteiger partial charge on any atom is -0.492 e. The highest BCUT2D eigenvalue weighted by atomic mass is 16.5. The molecule has 0 heterocycles. The second-order valence-corrected chi connectivity index (χ2v) is 5.94. The first-order valence-corrected chi connectivity index (χ1v) is 8.27. The summed E-state index contributed by atoms with van der Waals surface area (Å²) in [5.74, 6) is 0.723. The van der Waals surface area contributed by atoms with E-state index < -0.39 is 0 Å². The largest absolute Gasteiger partial charge is 0.492 e. The average Bonchev–Trinajstić information content (AvgIpc) is 2.62. The van der Waals surface area contributed by atoms with Crippen LogP contribution in [0.2, 0.25) is 0 Å². The van der Waals surface area contributed by atoms with Crippen LogP contribution in [0, 0.1) is 0 Å². The highest BCUT2D eigenvalue weighted by Crippen LogP contribution is 2.12. The first-order chi connectivity index (χ1) is 12.0. The number of anilines is 1. The van der Waals surface area contributed by atoms with E-state index in [4.69, 9.17) is 4.74 Å². The van der Waals surface area contributed by atoms with Gasteiger partial charge < -0.3 is 10.1 Å². The molecule has 0 aliphatic rings. The molecule has 0 aliphatic heterocycles. The molecule has 1 N–H and O–H groups in total. The normalized spacial score (nSPS) is 11.8. The van der Waals surface area contributed by atoms with Gasteiger partial charge in [0, 0.05) is 17.8 Å². The maximum absolute atomic E-state index is 12.3. The molecule has 0 bridgehead atoms. The first kappa shape index (κ1) is 18.7. The number of nitrogens with zero attached hydrogens (tertiary/aromatic N) is 1. The van der Waals surface area contributed by atoms with Crippen LogP contribution in [0.5, 0.6) is 5.75 Å². The fourth-order valence-electron chi connectivity index (χ4n) is 2.25. The van der Waals surface area contributed by atoms with Crippen molar-refractivity contribution in [2.45, 2.75) is 19.9 Å². The van der Waals surface area contributed by atoms with Gasteiger partial charge in [-0.3, -0.25) is 14.5 Å². The Hall–Kier alpha value is -2.66. The van der Waals surface area contributed by atoms with Crippen molar-refractivity contribution in [3.8, 4) is 5.75 Å². The number of hydrogen-bond acceptors (Lipinski definition) is 4. The molecule has 25 heavy (non-hydrogen) atoms. The van der Waals surface area contributed by atoms with Crippen LogP contribution in [-0.2, 0) is 4.79 Å². The van der Waals surface area contributed by atoms with Gasteiger partial charge in [-0.05, 0) is 57.3 Å². The van der Waals surface area contributed by atoms with Crippen molar-refractivity contribution in [2.75, 3.05) is 25.5 Å². The van der Waals surface area contributed by atoms with Crippen LogP contribution < -0.4 is 10.1 Å². The Morgan fingerprint density at radius 1 is 1.08 bits per heavy atom. The van der Waals surface area contributed by atoms with E-state index in [2.05, 4.69) is 5.32 Å². The molecule has 2 rings (SSSR count). The Bertz CT molecular complexity index is 699. The van der Waals surface area contributed by atoms with Crippen molar-refractivity contribution in [3.05, 3.63) is 60.2 Å². The zero-order chi connectivity index (χ0) is 18.2. The third-order valence-electron chi connectivity index (χ3n) is 4.06. The molecule has 0 radical (unpaired) electrons.